The van der Waals surface area contributed by atoms with E-state index in [1.165, 1.54) is 12.1 Å². The van der Waals surface area contributed by atoms with E-state index in [0.717, 1.165) is 0 Å². The second-order valence-corrected chi connectivity index (χ2v) is 5.92. The molecule has 8 heteroatoms. The minimum absolute atomic E-state index is 0.111. The monoisotopic (exact) mass is 359 g/mol. The fraction of sp³-hybridized carbons (Fsp3) is 0.333. The Bertz CT molecular complexity index is 899. The van der Waals surface area contributed by atoms with E-state index in [2.05, 4.69) is 5.32 Å². The van der Waals surface area contributed by atoms with Crippen LogP contribution in [0.25, 0.3) is 0 Å². The fourth-order valence-corrected chi connectivity index (χ4v) is 2.84. The van der Waals surface area contributed by atoms with Crippen molar-refractivity contribution in [2.24, 2.45) is 7.05 Å². The molecule has 1 aromatic heterocycles. The quantitative estimate of drug-likeness (QED) is 0.501. The molecule has 8 nitrogen and oxygen atoms in total. The molecule has 0 atom stereocenters. The first kappa shape index (κ1) is 19.2. The molecular formula is C18H21N3O5. The number of hydrogen-bond donors (Lipinski definition) is 1. The SMILES string of the molecule is CCOC(=O)c1c(C)c(C(=O)Nc2cc([N+](=O)[O-])ccc2C)c(C)n1C. The number of esters is 1. The zero-order chi connectivity index (χ0) is 19.6. The first-order chi connectivity index (χ1) is 12.2. The maximum Gasteiger partial charge on any atom is 0.355 e. The maximum absolute atomic E-state index is 12.8. The Kier molecular flexibility index (Phi) is 5.44. The normalized spacial score (nSPS) is 10.5. The number of hydrogen-bond acceptors (Lipinski definition) is 5. The van der Waals surface area contributed by atoms with Gasteiger partial charge in [-0.15, -0.1) is 0 Å². The van der Waals surface area contributed by atoms with Gasteiger partial charge in [0.2, 0.25) is 0 Å². The molecule has 1 heterocycles. The number of nitro groups is 1. The van der Waals surface area contributed by atoms with Crippen molar-refractivity contribution in [2.75, 3.05) is 11.9 Å². The highest BCUT2D eigenvalue weighted by Gasteiger charge is 2.26. The average molecular weight is 359 g/mol. The highest BCUT2D eigenvalue weighted by Crippen LogP contribution is 2.26. The predicted molar refractivity (Wildman–Crippen MR) is 96.6 cm³/mol. The van der Waals surface area contributed by atoms with Crippen LogP contribution in [0.4, 0.5) is 11.4 Å². The lowest BCUT2D eigenvalue weighted by molar-refractivity contribution is -0.384. The summed E-state index contributed by atoms with van der Waals surface area (Å²) in [6.07, 6.45) is 0. The first-order valence-electron chi connectivity index (χ1n) is 8.08. The maximum atomic E-state index is 12.8. The van der Waals surface area contributed by atoms with Crippen LogP contribution in [0.5, 0.6) is 0 Å². The van der Waals surface area contributed by atoms with E-state index in [4.69, 9.17) is 4.74 Å². The summed E-state index contributed by atoms with van der Waals surface area (Å²) in [5.74, 6) is -0.934. The molecule has 0 fully saturated rings. The highest BCUT2D eigenvalue weighted by molar-refractivity contribution is 6.08. The summed E-state index contributed by atoms with van der Waals surface area (Å²) < 4.78 is 6.66. The third-order valence-corrected chi connectivity index (χ3v) is 4.31. The van der Waals surface area contributed by atoms with Gasteiger partial charge in [0.25, 0.3) is 11.6 Å². The molecule has 2 rings (SSSR count). The van der Waals surface area contributed by atoms with Crippen LogP contribution < -0.4 is 5.32 Å². The number of amides is 1. The molecule has 0 aliphatic rings. The number of nitrogens with one attached hydrogen (secondary N) is 1. The molecule has 0 saturated heterocycles. The third kappa shape index (κ3) is 3.44. The molecule has 0 saturated carbocycles. The lowest BCUT2D eigenvalue weighted by Gasteiger charge is -2.09. The molecule has 0 spiro atoms. The summed E-state index contributed by atoms with van der Waals surface area (Å²) in [7, 11) is 1.68. The molecule has 0 aliphatic heterocycles. The van der Waals surface area contributed by atoms with Crippen molar-refractivity contribution in [2.45, 2.75) is 27.7 Å². The van der Waals surface area contributed by atoms with Crippen LogP contribution in [0.3, 0.4) is 0 Å². The van der Waals surface area contributed by atoms with Gasteiger partial charge < -0.3 is 14.6 Å². The highest BCUT2D eigenvalue weighted by atomic mass is 16.6. The Morgan fingerprint density at radius 1 is 1.27 bits per heavy atom. The van der Waals surface area contributed by atoms with Crippen LogP contribution in [-0.4, -0.2) is 28.0 Å². The van der Waals surface area contributed by atoms with Crippen molar-refractivity contribution in [3.05, 3.63) is 56.4 Å². The predicted octanol–water partition coefficient (Wildman–Crippen LogP) is 3.29. The van der Waals surface area contributed by atoms with Gasteiger partial charge in [-0.3, -0.25) is 14.9 Å². The van der Waals surface area contributed by atoms with Gasteiger partial charge in [0, 0.05) is 24.9 Å². The van der Waals surface area contributed by atoms with E-state index >= 15 is 0 Å². The molecule has 0 unspecified atom stereocenters. The number of aryl methyl sites for hydroxylation is 1. The number of benzene rings is 1. The van der Waals surface area contributed by atoms with Crippen molar-refractivity contribution >= 4 is 23.3 Å². The zero-order valence-electron chi connectivity index (χ0n) is 15.4. The molecule has 0 radical (unpaired) electrons. The topological polar surface area (TPSA) is 103 Å². The van der Waals surface area contributed by atoms with Crippen molar-refractivity contribution in [3.63, 3.8) is 0 Å². The van der Waals surface area contributed by atoms with Gasteiger partial charge in [-0.2, -0.15) is 0 Å². The number of non-ortho nitro benzene ring substituents is 1. The molecule has 1 aromatic carbocycles. The van der Waals surface area contributed by atoms with Crippen molar-refractivity contribution < 1.29 is 19.2 Å². The summed E-state index contributed by atoms with van der Waals surface area (Å²) in [5.41, 5.74) is 2.70. The lowest BCUT2D eigenvalue weighted by atomic mass is 10.1. The van der Waals surface area contributed by atoms with Gasteiger partial charge in [-0.05, 0) is 38.8 Å². The van der Waals surface area contributed by atoms with Crippen LogP contribution in [-0.2, 0) is 11.8 Å². The number of aromatic nitrogens is 1. The Hall–Kier alpha value is -3.16. The number of anilines is 1. The van der Waals surface area contributed by atoms with E-state index < -0.39 is 16.8 Å². The number of ether oxygens (including phenoxy) is 1. The number of carbonyl (C=O) groups excluding carboxylic acids is 2. The molecule has 1 amide bonds. The van der Waals surface area contributed by atoms with Crippen molar-refractivity contribution in [1.82, 2.24) is 4.57 Å². The summed E-state index contributed by atoms with van der Waals surface area (Å²) in [6, 6.07) is 4.26. The first-order valence-corrected chi connectivity index (χ1v) is 8.08. The largest absolute Gasteiger partial charge is 0.461 e. The number of rotatable bonds is 5. The second kappa shape index (κ2) is 7.38. The van der Waals surface area contributed by atoms with Crippen LogP contribution in [0.1, 0.15) is 44.6 Å². The minimum Gasteiger partial charge on any atom is -0.461 e. The second-order valence-electron chi connectivity index (χ2n) is 5.92. The molecule has 2 aromatic rings. The van der Waals surface area contributed by atoms with Gasteiger partial charge in [0.15, 0.2) is 0 Å². The van der Waals surface area contributed by atoms with Crippen LogP contribution in [0.2, 0.25) is 0 Å². The minimum atomic E-state index is -0.521. The summed E-state index contributed by atoms with van der Waals surface area (Å²) in [4.78, 5) is 35.4. The lowest BCUT2D eigenvalue weighted by Crippen LogP contribution is -2.15. The molecular weight excluding hydrogens is 338 g/mol. The number of carbonyl (C=O) groups is 2. The summed E-state index contributed by atoms with van der Waals surface area (Å²) in [6.45, 7) is 7.09. The van der Waals surface area contributed by atoms with Crippen molar-refractivity contribution in [3.8, 4) is 0 Å². The van der Waals surface area contributed by atoms with Crippen LogP contribution in [0.15, 0.2) is 18.2 Å². The third-order valence-electron chi connectivity index (χ3n) is 4.31. The van der Waals surface area contributed by atoms with Gasteiger partial charge in [-0.25, -0.2) is 4.79 Å². The molecule has 138 valence electrons. The standard InChI is InChI=1S/C18H21N3O5/c1-6-26-18(23)16-11(3)15(12(4)20(16)5)17(22)19-14-9-13(21(24)25)8-7-10(14)2/h7-9H,6H2,1-5H3,(H,19,22). The Morgan fingerprint density at radius 2 is 1.92 bits per heavy atom. The smallest absolute Gasteiger partial charge is 0.355 e. The molecule has 26 heavy (non-hydrogen) atoms. The summed E-state index contributed by atoms with van der Waals surface area (Å²) in [5, 5.41) is 13.7. The fourth-order valence-electron chi connectivity index (χ4n) is 2.84. The van der Waals surface area contributed by atoms with Crippen LogP contribution >= 0.6 is 0 Å². The van der Waals surface area contributed by atoms with E-state index in [0.29, 0.717) is 33.8 Å². The van der Waals surface area contributed by atoms with Gasteiger partial charge in [0.05, 0.1) is 22.8 Å². The summed E-state index contributed by atoms with van der Waals surface area (Å²) >= 11 is 0. The van der Waals surface area contributed by atoms with Gasteiger partial charge in [0.1, 0.15) is 5.69 Å². The van der Waals surface area contributed by atoms with Crippen molar-refractivity contribution in [1.29, 1.82) is 0 Å². The van der Waals surface area contributed by atoms with E-state index in [1.54, 1.807) is 45.4 Å². The van der Waals surface area contributed by atoms with Crippen LogP contribution in [0, 0.1) is 30.9 Å². The molecule has 0 bridgehead atoms. The van der Waals surface area contributed by atoms with E-state index in [-0.39, 0.29) is 12.3 Å². The van der Waals surface area contributed by atoms with Gasteiger partial charge >= 0.3 is 5.97 Å². The van der Waals surface area contributed by atoms with Gasteiger partial charge in [-0.1, -0.05) is 6.07 Å². The Labute approximate surface area is 150 Å². The zero-order valence-corrected chi connectivity index (χ0v) is 15.4. The molecule has 0 aliphatic carbocycles. The van der Waals surface area contributed by atoms with E-state index in [9.17, 15) is 19.7 Å². The van der Waals surface area contributed by atoms with E-state index in [1.807, 2.05) is 0 Å². The Balaban J connectivity index is 2.43. The molecule has 1 N–H and O–H groups in total. The number of nitrogens with zero attached hydrogens (tertiary/aromatic N) is 2. The Morgan fingerprint density at radius 3 is 2.50 bits per heavy atom. The average Bonchev–Trinajstić information content (AvgIpc) is 2.79. The number of nitro benzene ring substituents is 1.